The first-order valence-corrected chi connectivity index (χ1v) is 8.00. The predicted octanol–water partition coefficient (Wildman–Crippen LogP) is 4.39. The van der Waals surface area contributed by atoms with Crippen LogP contribution >= 0.6 is 15.9 Å². The molecular weight excluding hydrogens is 312 g/mol. The van der Waals surface area contributed by atoms with E-state index in [0.29, 0.717) is 0 Å². The van der Waals surface area contributed by atoms with Gasteiger partial charge in [0.25, 0.3) is 0 Å². The van der Waals surface area contributed by atoms with Crippen molar-refractivity contribution in [2.75, 3.05) is 0 Å². The van der Waals surface area contributed by atoms with Crippen LogP contribution in [0.15, 0.2) is 40.9 Å². The van der Waals surface area contributed by atoms with Crippen molar-refractivity contribution in [3.63, 3.8) is 0 Å². The third-order valence-electron chi connectivity index (χ3n) is 4.16. The minimum absolute atomic E-state index is 0.428. The van der Waals surface area contributed by atoms with Gasteiger partial charge in [-0.05, 0) is 60.4 Å². The molecule has 4 aliphatic carbocycles. The Kier molecular flexibility index (Phi) is 3.95. The standard InChI is InChI=1S/C18H19BrO/c1-12(20)17-15-8-6-13-2-4-14(5-3-13)7-9-16(11-10-15)18(17)19/h2-5,10-12,20H,6-9H2,1H3/t12-/m0/s1. The third-order valence-corrected chi connectivity index (χ3v) is 5.09. The maximum atomic E-state index is 10.1. The minimum atomic E-state index is -0.428. The molecule has 0 spiro atoms. The van der Waals surface area contributed by atoms with Crippen molar-refractivity contribution in [3.8, 4) is 0 Å². The van der Waals surface area contributed by atoms with Gasteiger partial charge in [0.05, 0.1) is 6.10 Å². The van der Waals surface area contributed by atoms with Crippen LogP contribution in [0.5, 0.6) is 0 Å². The average molecular weight is 331 g/mol. The van der Waals surface area contributed by atoms with Gasteiger partial charge >= 0.3 is 0 Å². The first kappa shape index (κ1) is 13.8. The lowest BCUT2D eigenvalue weighted by Gasteiger charge is -2.19. The first-order valence-electron chi connectivity index (χ1n) is 7.21. The second-order valence-corrected chi connectivity index (χ2v) is 6.40. The molecular formula is C18H19BrO. The molecule has 2 heteroatoms. The van der Waals surface area contributed by atoms with E-state index in [2.05, 4.69) is 52.3 Å². The fraction of sp³-hybridized carbons (Fsp3) is 0.333. The molecule has 4 aliphatic rings. The van der Waals surface area contributed by atoms with Gasteiger partial charge in [-0.25, -0.2) is 0 Å². The predicted molar refractivity (Wildman–Crippen MR) is 86.0 cm³/mol. The minimum Gasteiger partial charge on any atom is -0.389 e. The number of aliphatic hydroxyl groups is 1. The van der Waals surface area contributed by atoms with E-state index in [-0.39, 0.29) is 0 Å². The summed E-state index contributed by atoms with van der Waals surface area (Å²) in [7, 11) is 0. The summed E-state index contributed by atoms with van der Waals surface area (Å²) in [6.45, 7) is 1.85. The normalized spacial score (nSPS) is 15.8. The smallest absolute Gasteiger partial charge is 0.0775 e. The van der Waals surface area contributed by atoms with E-state index in [0.717, 1.165) is 35.7 Å². The summed E-state index contributed by atoms with van der Waals surface area (Å²) in [5, 5.41) is 10.1. The molecule has 0 fully saturated rings. The zero-order chi connectivity index (χ0) is 14.1. The number of hydrogen-bond donors (Lipinski definition) is 1. The number of benzene rings is 2. The van der Waals surface area contributed by atoms with Crippen LogP contribution in [0.1, 0.15) is 40.8 Å². The summed E-state index contributed by atoms with van der Waals surface area (Å²) in [5.74, 6) is 0. The summed E-state index contributed by atoms with van der Waals surface area (Å²) in [4.78, 5) is 0. The molecule has 0 saturated heterocycles. The highest BCUT2D eigenvalue weighted by molar-refractivity contribution is 9.10. The zero-order valence-electron chi connectivity index (χ0n) is 11.7. The van der Waals surface area contributed by atoms with Crippen LogP contribution < -0.4 is 0 Å². The molecule has 104 valence electrons. The highest BCUT2D eigenvalue weighted by atomic mass is 79.9. The molecule has 4 bridgehead atoms. The van der Waals surface area contributed by atoms with Gasteiger partial charge in [-0.15, -0.1) is 0 Å². The topological polar surface area (TPSA) is 20.2 Å². The second-order valence-electron chi connectivity index (χ2n) is 5.60. The summed E-state index contributed by atoms with van der Waals surface area (Å²) in [6, 6.07) is 13.4. The van der Waals surface area contributed by atoms with Crippen LogP contribution in [0, 0.1) is 0 Å². The molecule has 0 radical (unpaired) electrons. The van der Waals surface area contributed by atoms with Gasteiger partial charge in [0.2, 0.25) is 0 Å². The molecule has 6 rings (SSSR count). The summed E-state index contributed by atoms with van der Waals surface area (Å²) in [6.07, 6.45) is 3.60. The molecule has 0 aliphatic heterocycles. The van der Waals surface area contributed by atoms with Crippen molar-refractivity contribution in [1.82, 2.24) is 0 Å². The van der Waals surface area contributed by atoms with Gasteiger partial charge in [-0.3, -0.25) is 0 Å². The van der Waals surface area contributed by atoms with Crippen LogP contribution in [0.4, 0.5) is 0 Å². The van der Waals surface area contributed by atoms with E-state index in [1.165, 1.54) is 22.3 Å². The Morgan fingerprint density at radius 2 is 1.35 bits per heavy atom. The number of hydrogen-bond acceptors (Lipinski definition) is 1. The highest BCUT2D eigenvalue weighted by Crippen LogP contribution is 2.32. The van der Waals surface area contributed by atoms with Crippen LogP contribution in [0.3, 0.4) is 0 Å². The SMILES string of the molecule is C[C@H](O)c1c2ccc(c1Br)CCc1ccc(cc1)CC2. The summed E-state index contributed by atoms with van der Waals surface area (Å²) in [5.41, 5.74) is 6.35. The third kappa shape index (κ3) is 2.68. The molecule has 1 N–H and O–H groups in total. The maximum absolute atomic E-state index is 10.1. The molecule has 0 aromatic heterocycles. The van der Waals surface area contributed by atoms with E-state index in [1.807, 2.05) is 6.92 Å². The second kappa shape index (κ2) is 5.71. The van der Waals surface area contributed by atoms with Crippen molar-refractivity contribution < 1.29 is 5.11 Å². The molecule has 0 heterocycles. The molecule has 0 saturated carbocycles. The molecule has 1 nitrogen and oxygen atoms in total. The number of rotatable bonds is 1. The van der Waals surface area contributed by atoms with E-state index in [4.69, 9.17) is 0 Å². The van der Waals surface area contributed by atoms with Crippen molar-refractivity contribution in [2.24, 2.45) is 0 Å². The fourth-order valence-corrected chi connectivity index (χ4v) is 3.89. The molecule has 20 heavy (non-hydrogen) atoms. The van der Waals surface area contributed by atoms with E-state index >= 15 is 0 Å². The van der Waals surface area contributed by atoms with Crippen molar-refractivity contribution in [1.29, 1.82) is 0 Å². The van der Waals surface area contributed by atoms with Crippen molar-refractivity contribution in [2.45, 2.75) is 38.7 Å². The van der Waals surface area contributed by atoms with Crippen LogP contribution in [0.25, 0.3) is 0 Å². The van der Waals surface area contributed by atoms with E-state index < -0.39 is 6.10 Å². The Morgan fingerprint density at radius 1 is 0.850 bits per heavy atom. The number of halogens is 1. The largest absolute Gasteiger partial charge is 0.389 e. The molecule has 0 unspecified atom stereocenters. The summed E-state index contributed by atoms with van der Waals surface area (Å²) >= 11 is 3.71. The lowest BCUT2D eigenvalue weighted by molar-refractivity contribution is 0.197. The summed E-state index contributed by atoms with van der Waals surface area (Å²) < 4.78 is 1.10. The van der Waals surface area contributed by atoms with Crippen molar-refractivity contribution >= 4 is 15.9 Å². The number of aliphatic hydroxyl groups excluding tert-OH is 1. The Balaban J connectivity index is 2.08. The molecule has 2 aromatic rings. The van der Waals surface area contributed by atoms with Gasteiger partial charge in [0.15, 0.2) is 0 Å². The molecule has 0 amide bonds. The molecule has 2 aromatic carbocycles. The first-order chi connectivity index (χ1) is 9.65. The van der Waals surface area contributed by atoms with Gasteiger partial charge in [0, 0.05) is 4.47 Å². The van der Waals surface area contributed by atoms with Gasteiger partial charge in [0.1, 0.15) is 0 Å². The lowest BCUT2D eigenvalue weighted by atomic mass is 9.91. The highest BCUT2D eigenvalue weighted by Gasteiger charge is 2.16. The van der Waals surface area contributed by atoms with Crippen molar-refractivity contribution in [3.05, 3.63) is 68.7 Å². The van der Waals surface area contributed by atoms with Crippen LogP contribution in [-0.2, 0) is 25.7 Å². The fourth-order valence-electron chi connectivity index (χ4n) is 2.97. The monoisotopic (exact) mass is 330 g/mol. The number of aryl methyl sites for hydroxylation is 4. The Bertz CT molecular complexity index is 614. The van der Waals surface area contributed by atoms with E-state index in [9.17, 15) is 5.11 Å². The average Bonchev–Trinajstić information content (AvgIpc) is 2.42. The Labute approximate surface area is 128 Å². The van der Waals surface area contributed by atoms with Gasteiger partial charge in [-0.1, -0.05) is 52.3 Å². The van der Waals surface area contributed by atoms with Crippen LogP contribution in [-0.4, -0.2) is 5.11 Å². The van der Waals surface area contributed by atoms with Gasteiger partial charge < -0.3 is 5.11 Å². The van der Waals surface area contributed by atoms with E-state index in [1.54, 1.807) is 0 Å². The Hall–Kier alpha value is -1.12. The van der Waals surface area contributed by atoms with Gasteiger partial charge in [-0.2, -0.15) is 0 Å². The quantitative estimate of drug-likeness (QED) is 0.822. The van der Waals surface area contributed by atoms with Crippen LogP contribution in [0.2, 0.25) is 0 Å². The molecule has 1 atom stereocenters. The lowest BCUT2D eigenvalue weighted by Crippen LogP contribution is -2.06. The zero-order valence-corrected chi connectivity index (χ0v) is 13.3. The Morgan fingerprint density at radius 3 is 1.90 bits per heavy atom. The maximum Gasteiger partial charge on any atom is 0.0775 e.